The number of aromatic nitrogens is 2. The molecular weight excluding hydrogens is 408 g/mol. The second kappa shape index (κ2) is 7.98. The second-order valence-electron chi connectivity index (χ2n) is 7.76. The van der Waals surface area contributed by atoms with Crippen LogP contribution >= 0.6 is 11.3 Å². The minimum Gasteiger partial charge on any atom is -0.497 e. The first-order valence-corrected chi connectivity index (χ1v) is 10.1. The first-order chi connectivity index (χ1) is 14.1. The van der Waals surface area contributed by atoms with Crippen molar-refractivity contribution in [2.24, 2.45) is 0 Å². The van der Waals surface area contributed by atoms with Gasteiger partial charge in [-0.3, -0.25) is 14.3 Å². The van der Waals surface area contributed by atoms with Gasteiger partial charge in [0.25, 0.3) is 5.56 Å². The zero-order valence-corrected chi connectivity index (χ0v) is 18.6. The molecule has 0 saturated carbocycles. The van der Waals surface area contributed by atoms with Crippen LogP contribution in [-0.4, -0.2) is 35.3 Å². The van der Waals surface area contributed by atoms with Crippen molar-refractivity contribution in [3.05, 3.63) is 55.0 Å². The van der Waals surface area contributed by atoms with Gasteiger partial charge in [0.15, 0.2) is 0 Å². The number of methoxy groups -OCH3 is 2. The molecule has 0 fully saturated rings. The SMILES string of the molecule is COc1ccc(Cn2c(=O)[nH]c3sc(C(=O)OC(C)(C)C)c(C)c3c2=O)c(OC)c1. The Balaban J connectivity index is 2.10. The Labute approximate surface area is 177 Å². The lowest BCUT2D eigenvalue weighted by molar-refractivity contribution is 0.00746. The van der Waals surface area contributed by atoms with Crippen LogP contribution in [0, 0.1) is 6.92 Å². The van der Waals surface area contributed by atoms with Gasteiger partial charge in [0.2, 0.25) is 0 Å². The van der Waals surface area contributed by atoms with Crippen molar-refractivity contribution in [3.63, 3.8) is 0 Å². The van der Waals surface area contributed by atoms with Crippen LogP contribution in [-0.2, 0) is 11.3 Å². The van der Waals surface area contributed by atoms with E-state index in [0.717, 1.165) is 15.9 Å². The van der Waals surface area contributed by atoms with E-state index in [2.05, 4.69) is 4.98 Å². The van der Waals surface area contributed by atoms with Crippen LogP contribution in [0.5, 0.6) is 11.5 Å². The molecule has 1 aromatic carbocycles. The molecule has 0 amide bonds. The lowest BCUT2D eigenvalue weighted by Crippen LogP contribution is -2.35. The van der Waals surface area contributed by atoms with E-state index in [9.17, 15) is 14.4 Å². The molecule has 0 aliphatic carbocycles. The summed E-state index contributed by atoms with van der Waals surface area (Å²) in [4.78, 5) is 41.7. The third kappa shape index (κ3) is 4.11. The molecule has 0 aliphatic heterocycles. The van der Waals surface area contributed by atoms with Crippen LogP contribution in [0.1, 0.15) is 41.6 Å². The zero-order chi connectivity index (χ0) is 22.2. The van der Waals surface area contributed by atoms with E-state index in [1.165, 1.54) is 7.11 Å². The van der Waals surface area contributed by atoms with Crippen molar-refractivity contribution in [2.75, 3.05) is 14.2 Å². The number of fused-ring (bicyclic) bond motifs is 1. The smallest absolute Gasteiger partial charge is 0.349 e. The Kier molecular flexibility index (Phi) is 5.76. The fourth-order valence-corrected chi connectivity index (χ4v) is 4.13. The highest BCUT2D eigenvalue weighted by molar-refractivity contribution is 7.20. The largest absolute Gasteiger partial charge is 0.497 e. The average molecular weight is 432 g/mol. The zero-order valence-electron chi connectivity index (χ0n) is 17.7. The number of hydrogen-bond acceptors (Lipinski definition) is 7. The predicted molar refractivity (Wildman–Crippen MR) is 115 cm³/mol. The first-order valence-electron chi connectivity index (χ1n) is 9.26. The van der Waals surface area contributed by atoms with Crippen LogP contribution in [0.15, 0.2) is 27.8 Å². The Bertz CT molecular complexity index is 1230. The van der Waals surface area contributed by atoms with Gasteiger partial charge < -0.3 is 14.2 Å². The Morgan fingerprint density at radius 3 is 2.47 bits per heavy atom. The number of thiophene rings is 1. The molecule has 0 spiro atoms. The number of aromatic amines is 1. The van der Waals surface area contributed by atoms with E-state index in [1.807, 2.05) is 0 Å². The second-order valence-corrected chi connectivity index (χ2v) is 8.78. The maximum atomic E-state index is 13.2. The summed E-state index contributed by atoms with van der Waals surface area (Å²) in [7, 11) is 3.05. The highest BCUT2D eigenvalue weighted by Gasteiger charge is 2.25. The Hall–Kier alpha value is -3.07. The van der Waals surface area contributed by atoms with Crippen LogP contribution in [0.25, 0.3) is 10.2 Å². The molecule has 0 radical (unpaired) electrons. The van der Waals surface area contributed by atoms with E-state index in [0.29, 0.717) is 37.7 Å². The van der Waals surface area contributed by atoms with Crippen molar-refractivity contribution in [2.45, 2.75) is 39.8 Å². The van der Waals surface area contributed by atoms with Gasteiger partial charge in [-0.25, -0.2) is 9.59 Å². The van der Waals surface area contributed by atoms with E-state index >= 15 is 0 Å². The summed E-state index contributed by atoms with van der Waals surface area (Å²) in [6.45, 7) is 6.99. The maximum Gasteiger partial charge on any atom is 0.349 e. The van der Waals surface area contributed by atoms with Gasteiger partial charge in [-0.1, -0.05) is 0 Å². The minimum absolute atomic E-state index is 0.00827. The molecule has 8 nitrogen and oxygen atoms in total. The monoisotopic (exact) mass is 432 g/mol. The number of carbonyl (C=O) groups excluding carboxylic acids is 1. The molecule has 1 N–H and O–H groups in total. The molecule has 2 heterocycles. The van der Waals surface area contributed by atoms with Crippen molar-refractivity contribution in [1.29, 1.82) is 0 Å². The molecule has 0 saturated heterocycles. The number of hydrogen-bond donors (Lipinski definition) is 1. The van der Waals surface area contributed by atoms with E-state index in [1.54, 1.807) is 53.0 Å². The fraction of sp³-hybridized carbons (Fsp3) is 0.381. The molecule has 0 aliphatic rings. The third-order valence-corrected chi connectivity index (χ3v) is 5.67. The standard InChI is InChI=1S/C21H24N2O6S/c1-11-15-17(30-16(11)19(25)29-21(2,3)4)22-20(26)23(18(15)24)10-12-7-8-13(27-5)9-14(12)28-6/h7-9H,10H2,1-6H3,(H,22,26). The molecule has 30 heavy (non-hydrogen) atoms. The molecule has 160 valence electrons. The topological polar surface area (TPSA) is 99.6 Å². The summed E-state index contributed by atoms with van der Waals surface area (Å²) in [6, 6.07) is 5.15. The van der Waals surface area contributed by atoms with Gasteiger partial charge in [-0.2, -0.15) is 0 Å². The summed E-state index contributed by atoms with van der Waals surface area (Å²) in [5.41, 5.74) is -0.581. The number of H-pyrrole nitrogens is 1. The van der Waals surface area contributed by atoms with Crippen molar-refractivity contribution < 1.29 is 19.0 Å². The van der Waals surface area contributed by atoms with Crippen molar-refractivity contribution >= 4 is 27.5 Å². The van der Waals surface area contributed by atoms with Gasteiger partial charge in [-0.15, -0.1) is 11.3 Å². The Morgan fingerprint density at radius 1 is 1.17 bits per heavy atom. The summed E-state index contributed by atoms with van der Waals surface area (Å²) in [5.74, 6) is 0.574. The highest BCUT2D eigenvalue weighted by atomic mass is 32.1. The normalized spacial score (nSPS) is 11.5. The van der Waals surface area contributed by atoms with Crippen molar-refractivity contribution in [3.8, 4) is 11.5 Å². The molecule has 2 aromatic heterocycles. The summed E-state index contributed by atoms with van der Waals surface area (Å²) in [5, 5.41) is 0.299. The van der Waals surface area contributed by atoms with Gasteiger partial charge in [0.05, 0.1) is 26.2 Å². The lowest BCUT2D eigenvalue weighted by Gasteiger charge is -2.19. The van der Waals surface area contributed by atoms with E-state index in [-0.39, 0.29) is 6.54 Å². The lowest BCUT2D eigenvalue weighted by atomic mass is 10.1. The molecular formula is C21H24N2O6S. The number of benzene rings is 1. The Morgan fingerprint density at radius 2 is 1.87 bits per heavy atom. The van der Waals surface area contributed by atoms with Crippen LogP contribution in [0.2, 0.25) is 0 Å². The highest BCUT2D eigenvalue weighted by Crippen LogP contribution is 2.29. The molecule has 3 aromatic rings. The van der Waals surface area contributed by atoms with Gasteiger partial charge in [0, 0.05) is 11.6 Å². The van der Waals surface area contributed by atoms with E-state index < -0.39 is 22.8 Å². The third-order valence-electron chi connectivity index (χ3n) is 4.48. The first kappa shape index (κ1) is 21.6. The number of esters is 1. The van der Waals surface area contributed by atoms with Gasteiger partial charge >= 0.3 is 11.7 Å². The fourth-order valence-electron chi connectivity index (χ4n) is 3.07. The number of aryl methyl sites for hydroxylation is 1. The number of rotatable bonds is 5. The number of carbonyl (C=O) groups is 1. The molecule has 0 atom stereocenters. The summed E-state index contributed by atoms with van der Waals surface area (Å²) < 4.78 is 17.1. The number of nitrogens with zero attached hydrogens (tertiary/aromatic N) is 1. The quantitative estimate of drug-likeness (QED) is 0.622. The van der Waals surface area contributed by atoms with Crippen molar-refractivity contribution in [1.82, 2.24) is 9.55 Å². The molecule has 0 bridgehead atoms. The summed E-state index contributed by atoms with van der Waals surface area (Å²) in [6.07, 6.45) is 0. The van der Waals surface area contributed by atoms with E-state index in [4.69, 9.17) is 14.2 Å². The molecule has 0 unspecified atom stereocenters. The maximum absolute atomic E-state index is 13.2. The summed E-state index contributed by atoms with van der Waals surface area (Å²) >= 11 is 1.04. The average Bonchev–Trinajstić information content (AvgIpc) is 3.00. The van der Waals surface area contributed by atoms with Gasteiger partial charge in [0.1, 0.15) is 26.8 Å². The number of ether oxygens (including phenoxy) is 3. The predicted octanol–water partition coefficient (Wildman–Crippen LogP) is 3.08. The number of nitrogens with one attached hydrogen (secondary N) is 1. The molecule has 9 heteroatoms. The molecule has 3 rings (SSSR count). The van der Waals surface area contributed by atoms with Crippen LogP contribution in [0.3, 0.4) is 0 Å². The minimum atomic E-state index is -0.668. The van der Waals surface area contributed by atoms with Crippen LogP contribution < -0.4 is 20.7 Å². The van der Waals surface area contributed by atoms with Gasteiger partial charge in [-0.05, 0) is 45.4 Å². The van der Waals surface area contributed by atoms with Crippen LogP contribution in [0.4, 0.5) is 0 Å².